The number of amides is 1. The van der Waals surface area contributed by atoms with Crippen LogP contribution in [-0.4, -0.2) is 23.4 Å². The zero-order valence-electron chi connectivity index (χ0n) is 9.05. The molecule has 0 aliphatic heterocycles. The van der Waals surface area contributed by atoms with Gasteiger partial charge in [-0.25, -0.2) is 0 Å². The Balaban J connectivity index is 2.55. The second-order valence-electron chi connectivity index (χ2n) is 4.22. The Morgan fingerprint density at radius 3 is 2.31 bits per heavy atom. The van der Waals surface area contributed by atoms with Crippen LogP contribution in [-0.2, 0) is 4.79 Å². The van der Waals surface area contributed by atoms with Gasteiger partial charge in [0.2, 0.25) is 5.91 Å². The average molecular weight is 183 g/mol. The van der Waals surface area contributed by atoms with Crippen molar-refractivity contribution >= 4 is 5.91 Å². The number of hydrogen-bond donors (Lipinski definition) is 0. The lowest BCUT2D eigenvalue weighted by Gasteiger charge is -2.29. The fourth-order valence-corrected chi connectivity index (χ4v) is 2.14. The number of hydrogen-bond acceptors (Lipinski definition) is 1. The van der Waals surface area contributed by atoms with Crippen LogP contribution < -0.4 is 0 Å². The number of carbonyl (C=O) groups excluding carboxylic acids is 1. The molecule has 2 nitrogen and oxygen atoms in total. The van der Waals surface area contributed by atoms with Crippen LogP contribution in [0.2, 0.25) is 0 Å². The minimum atomic E-state index is 0.153. The minimum Gasteiger partial charge on any atom is -0.340 e. The molecule has 0 spiro atoms. The Morgan fingerprint density at radius 2 is 1.92 bits per heavy atom. The van der Waals surface area contributed by atoms with E-state index in [-0.39, 0.29) is 5.92 Å². The molecule has 1 aliphatic rings. The van der Waals surface area contributed by atoms with Gasteiger partial charge in [0, 0.05) is 18.5 Å². The summed E-state index contributed by atoms with van der Waals surface area (Å²) in [6, 6.07) is 0.542. The highest BCUT2D eigenvalue weighted by Gasteiger charge is 2.26. The summed E-state index contributed by atoms with van der Waals surface area (Å²) in [6.07, 6.45) is 5.03. The fourth-order valence-electron chi connectivity index (χ4n) is 2.14. The van der Waals surface area contributed by atoms with Crippen LogP contribution in [0.1, 0.15) is 46.5 Å². The first-order chi connectivity index (χ1) is 6.16. The molecule has 0 aromatic heterocycles. The fraction of sp³-hybridized carbons (Fsp3) is 0.909. The van der Waals surface area contributed by atoms with Gasteiger partial charge < -0.3 is 4.90 Å². The van der Waals surface area contributed by atoms with Gasteiger partial charge in [-0.3, -0.25) is 4.79 Å². The molecular weight excluding hydrogens is 162 g/mol. The van der Waals surface area contributed by atoms with Crippen LogP contribution >= 0.6 is 0 Å². The second-order valence-corrected chi connectivity index (χ2v) is 4.22. The molecular formula is C11H21NO. The molecule has 2 heteroatoms. The molecule has 1 fully saturated rings. The number of carbonyl (C=O) groups is 1. The third kappa shape index (κ3) is 2.45. The Kier molecular flexibility index (Phi) is 3.76. The van der Waals surface area contributed by atoms with E-state index in [2.05, 4.69) is 11.8 Å². The first-order valence-electron chi connectivity index (χ1n) is 5.47. The van der Waals surface area contributed by atoms with Crippen LogP contribution in [0.4, 0.5) is 0 Å². The van der Waals surface area contributed by atoms with Crippen molar-refractivity contribution in [2.45, 2.75) is 52.5 Å². The predicted molar refractivity (Wildman–Crippen MR) is 54.5 cm³/mol. The summed E-state index contributed by atoms with van der Waals surface area (Å²) >= 11 is 0. The van der Waals surface area contributed by atoms with Crippen molar-refractivity contribution in [1.29, 1.82) is 0 Å². The summed E-state index contributed by atoms with van der Waals surface area (Å²) in [7, 11) is 0. The van der Waals surface area contributed by atoms with Gasteiger partial charge in [-0.05, 0) is 19.8 Å². The van der Waals surface area contributed by atoms with Crippen LogP contribution in [0, 0.1) is 5.92 Å². The summed E-state index contributed by atoms with van der Waals surface area (Å²) in [5.41, 5.74) is 0. The molecule has 13 heavy (non-hydrogen) atoms. The van der Waals surface area contributed by atoms with Crippen molar-refractivity contribution in [3.63, 3.8) is 0 Å². The lowest BCUT2D eigenvalue weighted by Crippen LogP contribution is -2.40. The Hall–Kier alpha value is -0.530. The monoisotopic (exact) mass is 183 g/mol. The highest BCUT2D eigenvalue weighted by atomic mass is 16.2. The molecule has 0 aromatic rings. The van der Waals surface area contributed by atoms with E-state index in [1.165, 1.54) is 25.7 Å². The Morgan fingerprint density at radius 1 is 1.38 bits per heavy atom. The van der Waals surface area contributed by atoms with Crippen molar-refractivity contribution in [3.8, 4) is 0 Å². The van der Waals surface area contributed by atoms with E-state index >= 15 is 0 Å². The highest BCUT2D eigenvalue weighted by Crippen LogP contribution is 2.24. The zero-order chi connectivity index (χ0) is 9.84. The molecule has 1 saturated carbocycles. The minimum absolute atomic E-state index is 0.153. The second kappa shape index (κ2) is 4.64. The van der Waals surface area contributed by atoms with Gasteiger partial charge in [0.1, 0.15) is 0 Å². The molecule has 0 saturated heterocycles. The normalized spacial score (nSPS) is 18.2. The molecule has 0 heterocycles. The Bertz CT molecular complexity index is 171. The van der Waals surface area contributed by atoms with Crippen LogP contribution in [0.3, 0.4) is 0 Å². The summed E-state index contributed by atoms with van der Waals surface area (Å²) < 4.78 is 0. The third-order valence-corrected chi connectivity index (χ3v) is 2.88. The van der Waals surface area contributed by atoms with E-state index < -0.39 is 0 Å². The van der Waals surface area contributed by atoms with Crippen LogP contribution in [0.15, 0.2) is 0 Å². The zero-order valence-corrected chi connectivity index (χ0v) is 9.05. The first-order valence-corrected chi connectivity index (χ1v) is 5.47. The van der Waals surface area contributed by atoms with Crippen molar-refractivity contribution in [3.05, 3.63) is 0 Å². The van der Waals surface area contributed by atoms with E-state index in [1.807, 2.05) is 13.8 Å². The lowest BCUT2D eigenvalue weighted by atomic mass is 10.1. The molecule has 0 unspecified atom stereocenters. The molecule has 0 N–H and O–H groups in total. The number of rotatable bonds is 3. The predicted octanol–water partition coefficient (Wildman–Crippen LogP) is 2.43. The van der Waals surface area contributed by atoms with Gasteiger partial charge in [0.15, 0.2) is 0 Å². The van der Waals surface area contributed by atoms with Crippen molar-refractivity contribution in [1.82, 2.24) is 4.90 Å². The maximum atomic E-state index is 11.8. The first kappa shape index (κ1) is 10.6. The topological polar surface area (TPSA) is 20.3 Å². The van der Waals surface area contributed by atoms with Crippen molar-refractivity contribution in [2.24, 2.45) is 5.92 Å². The van der Waals surface area contributed by atoms with E-state index in [4.69, 9.17) is 0 Å². The van der Waals surface area contributed by atoms with E-state index in [0.29, 0.717) is 11.9 Å². The average Bonchev–Trinajstić information content (AvgIpc) is 2.58. The molecule has 0 atom stereocenters. The standard InChI is InChI=1S/C11H21NO/c1-4-12(11(13)9(2)3)10-7-5-6-8-10/h9-10H,4-8H2,1-3H3. The summed E-state index contributed by atoms with van der Waals surface area (Å²) in [6.45, 7) is 6.93. The Labute approximate surface area is 81.3 Å². The quantitative estimate of drug-likeness (QED) is 0.658. The third-order valence-electron chi connectivity index (χ3n) is 2.88. The lowest BCUT2D eigenvalue weighted by molar-refractivity contribution is -0.136. The molecule has 1 aliphatic carbocycles. The van der Waals surface area contributed by atoms with Gasteiger partial charge >= 0.3 is 0 Å². The summed E-state index contributed by atoms with van der Waals surface area (Å²) in [5.74, 6) is 0.481. The molecule has 0 bridgehead atoms. The smallest absolute Gasteiger partial charge is 0.225 e. The highest BCUT2D eigenvalue weighted by molar-refractivity contribution is 5.78. The molecule has 1 rings (SSSR count). The SMILES string of the molecule is CCN(C(=O)C(C)C)C1CCCC1. The largest absolute Gasteiger partial charge is 0.340 e. The number of nitrogens with zero attached hydrogens (tertiary/aromatic N) is 1. The maximum Gasteiger partial charge on any atom is 0.225 e. The molecule has 1 amide bonds. The maximum absolute atomic E-state index is 11.8. The van der Waals surface area contributed by atoms with E-state index in [1.54, 1.807) is 0 Å². The van der Waals surface area contributed by atoms with Gasteiger partial charge in [-0.1, -0.05) is 26.7 Å². The summed E-state index contributed by atoms with van der Waals surface area (Å²) in [4.78, 5) is 13.9. The van der Waals surface area contributed by atoms with Gasteiger partial charge in [-0.15, -0.1) is 0 Å². The van der Waals surface area contributed by atoms with E-state index in [0.717, 1.165) is 6.54 Å². The van der Waals surface area contributed by atoms with Crippen LogP contribution in [0.5, 0.6) is 0 Å². The van der Waals surface area contributed by atoms with Crippen molar-refractivity contribution < 1.29 is 4.79 Å². The molecule has 0 radical (unpaired) electrons. The van der Waals surface area contributed by atoms with Crippen molar-refractivity contribution in [2.75, 3.05) is 6.54 Å². The molecule has 76 valence electrons. The summed E-state index contributed by atoms with van der Waals surface area (Å²) in [5, 5.41) is 0. The van der Waals surface area contributed by atoms with Gasteiger partial charge in [0.25, 0.3) is 0 Å². The van der Waals surface area contributed by atoms with Gasteiger partial charge in [-0.2, -0.15) is 0 Å². The van der Waals surface area contributed by atoms with Crippen LogP contribution in [0.25, 0.3) is 0 Å². The van der Waals surface area contributed by atoms with E-state index in [9.17, 15) is 4.79 Å². The van der Waals surface area contributed by atoms with Gasteiger partial charge in [0.05, 0.1) is 0 Å². The molecule has 0 aromatic carbocycles.